The predicted octanol–water partition coefficient (Wildman–Crippen LogP) is 5.35. The van der Waals surface area contributed by atoms with Gasteiger partial charge in [-0.15, -0.1) is 0 Å². The first kappa shape index (κ1) is 27.0. The van der Waals surface area contributed by atoms with E-state index in [0.717, 1.165) is 28.9 Å². The lowest BCUT2D eigenvalue weighted by Crippen LogP contribution is -2.51. The zero-order valence-corrected chi connectivity index (χ0v) is 21.9. The molecule has 5 heteroatoms. The third-order valence-electron chi connectivity index (χ3n) is 6.25. The Labute approximate surface area is 215 Å². The minimum atomic E-state index is -0.629. The van der Waals surface area contributed by atoms with Crippen molar-refractivity contribution in [2.75, 3.05) is 7.11 Å². The van der Waals surface area contributed by atoms with Crippen LogP contribution in [0.2, 0.25) is 0 Å². The Hall–Kier alpha value is -3.60. The first-order chi connectivity index (χ1) is 17.4. The number of methoxy groups -OCH3 is 1. The summed E-state index contributed by atoms with van der Waals surface area (Å²) in [4.78, 5) is 28.9. The lowest BCUT2D eigenvalue weighted by molar-refractivity contribution is -0.141. The van der Waals surface area contributed by atoms with Crippen LogP contribution < -0.4 is 10.1 Å². The van der Waals surface area contributed by atoms with E-state index in [0.29, 0.717) is 25.8 Å². The fourth-order valence-corrected chi connectivity index (χ4v) is 4.24. The number of hydrogen-bond donors (Lipinski definition) is 1. The van der Waals surface area contributed by atoms with Crippen molar-refractivity contribution in [1.29, 1.82) is 0 Å². The molecular weight excluding hydrogens is 448 g/mol. The molecule has 0 saturated carbocycles. The van der Waals surface area contributed by atoms with E-state index in [2.05, 4.69) is 36.5 Å². The summed E-state index contributed by atoms with van der Waals surface area (Å²) >= 11 is 0. The quantitative estimate of drug-likeness (QED) is 0.375. The number of nitrogens with one attached hydrogen (secondary N) is 1. The van der Waals surface area contributed by atoms with Crippen LogP contribution >= 0.6 is 0 Å². The van der Waals surface area contributed by atoms with Gasteiger partial charge in [-0.1, -0.05) is 73.7 Å². The number of carbonyl (C=O) groups is 2. The van der Waals surface area contributed by atoms with Crippen LogP contribution in [0.15, 0.2) is 78.9 Å². The smallest absolute Gasteiger partial charge is 0.243 e. The molecule has 0 aliphatic rings. The molecule has 0 aromatic heterocycles. The molecule has 1 atom stereocenters. The van der Waals surface area contributed by atoms with Gasteiger partial charge in [0.15, 0.2) is 0 Å². The van der Waals surface area contributed by atoms with Crippen molar-refractivity contribution in [3.05, 3.63) is 101 Å². The number of nitrogens with zero attached hydrogens (tertiary/aromatic N) is 1. The Bertz CT molecular complexity index is 1110. The van der Waals surface area contributed by atoms with E-state index in [1.807, 2.05) is 68.4 Å². The molecule has 0 fully saturated rings. The van der Waals surface area contributed by atoms with E-state index >= 15 is 0 Å². The van der Waals surface area contributed by atoms with Crippen molar-refractivity contribution in [3.63, 3.8) is 0 Å². The van der Waals surface area contributed by atoms with Crippen molar-refractivity contribution in [2.45, 2.75) is 65.1 Å². The molecule has 0 bridgehead atoms. The Morgan fingerprint density at radius 1 is 0.861 bits per heavy atom. The van der Waals surface area contributed by atoms with E-state index in [-0.39, 0.29) is 17.9 Å². The van der Waals surface area contributed by atoms with Gasteiger partial charge in [0, 0.05) is 25.4 Å². The minimum Gasteiger partial charge on any atom is -0.497 e. The summed E-state index contributed by atoms with van der Waals surface area (Å²) in [6.07, 6.45) is 2.39. The number of rotatable bonds is 12. The van der Waals surface area contributed by atoms with Crippen molar-refractivity contribution >= 4 is 11.8 Å². The molecule has 0 heterocycles. The highest BCUT2D eigenvalue weighted by atomic mass is 16.5. The van der Waals surface area contributed by atoms with Crippen LogP contribution in [-0.2, 0) is 35.4 Å². The first-order valence-corrected chi connectivity index (χ1v) is 12.7. The third kappa shape index (κ3) is 7.98. The minimum absolute atomic E-state index is 0.0263. The zero-order valence-electron chi connectivity index (χ0n) is 21.9. The van der Waals surface area contributed by atoms with Crippen LogP contribution in [-0.4, -0.2) is 35.9 Å². The maximum absolute atomic E-state index is 13.7. The van der Waals surface area contributed by atoms with Crippen molar-refractivity contribution in [3.8, 4) is 5.75 Å². The Morgan fingerprint density at radius 2 is 1.53 bits per heavy atom. The molecule has 3 rings (SSSR count). The Balaban J connectivity index is 1.90. The van der Waals surface area contributed by atoms with E-state index in [1.54, 1.807) is 12.0 Å². The molecule has 0 saturated heterocycles. The largest absolute Gasteiger partial charge is 0.497 e. The fraction of sp³-hybridized carbons (Fsp3) is 0.355. The molecule has 3 aromatic carbocycles. The average molecular weight is 487 g/mol. The molecule has 3 aromatic rings. The summed E-state index contributed by atoms with van der Waals surface area (Å²) in [7, 11) is 1.63. The second-order valence-corrected chi connectivity index (χ2v) is 9.41. The molecule has 5 nitrogen and oxygen atoms in total. The third-order valence-corrected chi connectivity index (χ3v) is 6.25. The highest BCUT2D eigenvalue weighted by Gasteiger charge is 2.30. The van der Waals surface area contributed by atoms with Gasteiger partial charge in [-0.2, -0.15) is 0 Å². The fourth-order valence-electron chi connectivity index (χ4n) is 4.24. The summed E-state index contributed by atoms with van der Waals surface area (Å²) < 4.78 is 5.39. The summed E-state index contributed by atoms with van der Waals surface area (Å²) in [6, 6.07) is 25.3. The molecule has 0 aliphatic carbocycles. The second-order valence-electron chi connectivity index (χ2n) is 9.41. The second kappa shape index (κ2) is 13.5. The van der Waals surface area contributed by atoms with Crippen LogP contribution in [0, 0.1) is 0 Å². The lowest BCUT2D eigenvalue weighted by atomic mass is 10.0. The number of aryl methyl sites for hydroxylation is 2. The van der Waals surface area contributed by atoms with Gasteiger partial charge in [0.05, 0.1) is 7.11 Å². The van der Waals surface area contributed by atoms with E-state index in [4.69, 9.17) is 4.74 Å². The van der Waals surface area contributed by atoms with Crippen LogP contribution in [0.4, 0.5) is 0 Å². The van der Waals surface area contributed by atoms with Crippen molar-refractivity contribution in [1.82, 2.24) is 10.2 Å². The van der Waals surface area contributed by atoms with Gasteiger partial charge < -0.3 is 15.0 Å². The molecule has 0 spiro atoms. The maximum atomic E-state index is 13.7. The molecule has 2 amide bonds. The molecule has 0 unspecified atom stereocenters. The van der Waals surface area contributed by atoms with Gasteiger partial charge in [0.2, 0.25) is 11.8 Å². The van der Waals surface area contributed by atoms with Crippen LogP contribution in [0.25, 0.3) is 0 Å². The highest BCUT2D eigenvalue weighted by Crippen LogP contribution is 2.20. The van der Waals surface area contributed by atoms with Crippen molar-refractivity contribution in [2.24, 2.45) is 0 Å². The van der Waals surface area contributed by atoms with E-state index < -0.39 is 6.04 Å². The van der Waals surface area contributed by atoms with Crippen molar-refractivity contribution < 1.29 is 14.3 Å². The standard InChI is InChI=1S/C31H38N2O3/c1-5-24-14-16-25(17-15-24)18-19-30(34)33(22-27-12-9-13-28(20-27)36-4)29(31(35)32-23(2)3)21-26-10-7-6-8-11-26/h6-17,20,23,29H,5,18-19,21-22H2,1-4H3,(H,32,35)/t29-/m0/s1. The van der Waals surface area contributed by atoms with Crippen LogP contribution in [0.3, 0.4) is 0 Å². The van der Waals surface area contributed by atoms with E-state index in [1.165, 1.54) is 5.56 Å². The Morgan fingerprint density at radius 3 is 2.17 bits per heavy atom. The summed E-state index contributed by atoms with van der Waals surface area (Å²) in [5.41, 5.74) is 4.33. The summed E-state index contributed by atoms with van der Waals surface area (Å²) in [6.45, 7) is 6.33. The molecule has 0 aliphatic heterocycles. The monoisotopic (exact) mass is 486 g/mol. The molecule has 190 valence electrons. The van der Waals surface area contributed by atoms with Gasteiger partial charge >= 0.3 is 0 Å². The molecule has 1 N–H and O–H groups in total. The summed E-state index contributed by atoms with van der Waals surface area (Å²) in [5.74, 6) is 0.539. The maximum Gasteiger partial charge on any atom is 0.243 e. The van der Waals surface area contributed by atoms with Gasteiger partial charge in [0.25, 0.3) is 0 Å². The lowest BCUT2D eigenvalue weighted by Gasteiger charge is -2.32. The number of benzene rings is 3. The summed E-state index contributed by atoms with van der Waals surface area (Å²) in [5, 5.41) is 3.04. The SMILES string of the molecule is CCc1ccc(CCC(=O)N(Cc2cccc(OC)c2)[C@@H](Cc2ccccc2)C(=O)NC(C)C)cc1. The molecular formula is C31H38N2O3. The Kier molecular flexibility index (Phi) is 10.1. The van der Waals surface area contributed by atoms with Gasteiger partial charge in [-0.25, -0.2) is 0 Å². The van der Waals surface area contributed by atoms with Crippen LogP contribution in [0.5, 0.6) is 5.75 Å². The van der Waals surface area contributed by atoms with E-state index in [9.17, 15) is 9.59 Å². The average Bonchev–Trinajstić information content (AvgIpc) is 2.89. The van der Waals surface area contributed by atoms with Gasteiger partial charge in [0.1, 0.15) is 11.8 Å². The van der Waals surface area contributed by atoms with Gasteiger partial charge in [-0.05, 0) is 61.1 Å². The number of ether oxygens (including phenoxy) is 1. The highest BCUT2D eigenvalue weighted by molar-refractivity contribution is 5.88. The normalized spacial score (nSPS) is 11.7. The molecule has 0 radical (unpaired) electrons. The van der Waals surface area contributed by atoms with Crippen LogP contribution in [0.1, 0.15) is 49.4 Å². The zero-order chi connectivity index (χ0) is 25.9. The predicted molar refractivity (Wildman–Crippen MR) is 145 cm³/mol. The van der Waals surface area contributed by atoms with Gasteiger partial charge in [-0.3, -0.25) is 9.59 Å². The molecule has 36 heavy (non-hydrogen) atoms. The first-order valence-electron chi connectivity index (χ1n) is 12.7. The number of amides is 2. The topological polar surface area (TPSA) is 58.6 Å². The number of hydrogen-bond acceptors (Lipinski definition) is 3. The number of carbonyl (C=O) groups excluding carboxylic acids is 2.